The van der Waals surface area contributed by atoms with E-state index >= 15 is 0 Å². The number of unbranched alkanes of at least 4 members (excludes halogenated alkanes) is 6. The predicted octanol–water partition coefficient (Wildman–Crippen LogP) is 3.19. The molecule has 0 amide bonds. The molecular weight excluding hydrogens is 242 g/mol. The average molecular weight is 275 g/mol. The van der Waals surface area contributed by atoms with Gasteiger partial charge in [0.25, 0.3) is 0 Å². The largest absolute Gasteiger partial charge is 0.481 e. The Hall–Kier alpha value is -0.610. The Morgan fingerprint density at radius 1 is 1.05 bits per heavy atom. The highest BCUT2D eigenvalue weighted by Gasteiger charge is 1.95. The summed E-state index contributed by atoms with van der Waals surface area (Å²) in [5, 5.41) is 19.7. The lowest BCUT2D eigenvalue weighted by atomic mass is 10.1. The van der Waals surface area contributed by atoms with E-state index in [9.17, 15) is 4.79 Å². The van der Waals surface area contributed by atoms with Gasteiger partial charge in [-0.2, -0.15) is 0 Å². The second-order valence-electron chi connectivity index (χ2n) is 5.10. The molecule has 0 spiro atoms. The first kappa shape index (κ1) is 20.7. The summed E-state index contributed by atoms with van der Waals surface area (Å²) in [6.45, 7) is 7.24. The lowest BCUT2D eigenvalue weighted by Crippen LogP contribution is -2.25. The van der Waals surface area contributed by atoms with Crippen molar-refractivity contribution >= 4 is 5.97 Å². The van der Waals surface area contributed by atoms with E-state index in [2.05, 4.69) is 26.1 Å². The number of hydrogen-bond donors (Lipinski definition) is 3. The first-order valence-corrected chi connectivity index (χ1v) is 7.60. The molecule has 116 valence electrons. The Kier molecular flexibility index (Phi) is 18.9. The van der Waals surface area contributed by atoms with Gasteiger partial charge in [0.15, 0.2) is 0 Å². The summed E-state index contributed by atoms with van der Waals surface area (Å²) in [7, 11) is 0. The van der Waals surface area contributed by atoms with Crippen molar-refractivity contribution in [3.05, 3.63) is 0 Å². The zero-order valence-corrected chi connectivity index (χ0v) is 13.0. The number of aliphatic carboxylic acids is 1. The third kappa shape index (κ3) is 26.8. The lowest BCUT2D eigenvalue weighted by Gasteiger charge is -2.03. The van der Waals surface area contributed by atoms with E-state index in [4.69, 9.17) is 10.2 Å². The molecule has 19 heavy (non-hydrogen) atoms. The SMILES string of the molecule is CC(C)NCCO.CCCCCCCCCC(=O)O. The van der Waals surface area contributed by atoms with Crippen molar-refractivity contribution in [2.45, 2.75) is 78.2 Å². The van der Waals surface area contributed by atoms with Gasteiger partial charge in [-0.1, -0.05) is 59.3 Å². The number of aliphatic hydroxyl groups is 1. The van der Waals surface area contributed by atoms with Gasteiger partial charge in [-0.25, -0.2) is 0 Å². The third-order valence-electron chi connectivity index (χ3n) is 2.66. The molecule has 0 rings (SSSR count). The van der Waals surface area contributed by atoms with Crippen molar-refractivity contribution < 1.29 is 15.0 Å². The van der Waals surface area contributed by atoms with Crippen LogP contribution in [0.25, 0.3) is 0 Å². The molecule has 0 aromatic carbocycles. The van der Waals surface area contributed by atoms with Crippen LogP contribution in [0.2, 0.25) is 0 Å². The van der Waals surface area contributed by atoms with Crippen LogP contribution in [0.15, 0.2) is 0 Å². The molecule has 0 aliphatic rings. The molecule has 0 aromatic heterocycles. The smallest absolute Gasteiger partial charge is 0.303 e. The molecule has 0 aliphatic heterocycles. The summed E-state index contributed by atoms with van der Waals surface area (Å²) in [5.74, 6) is -0.663. The number of carboxylic acids is 1. The van der Waals surface area contributed by atoms with E-state index in [0.29, 0.717) is 19.0 Å². The fourth-order valence-corrected chi connectivity index (χ4v) is 1.59. The van der Waals surface area contributed by atoms with Gasteiger partial charge in [0.05, 0.1) is 6.61 Å². The molecule has 0 bridgehead atoms. The third-order valence-corrected chi connectivity index (χ3v) is 2.66. The Balaban J connectivity index is 0. The van der Waals surface area contributed by atoms with Crippen molar-refractivity contribution in [1.82, 2.24) is 5.32 Å². The van der Waals surface area contributed by atoms with Crippen LogP contribution in [0.4, 0.5) is 0 Å². The number of aliphatic hydroxyl groups excluding tert-OH is 1. The predicted molar refractivity (Wildman–Crippen MR) is 80.5 cm³/mol. The zero-order valence-electron chi connectivity index (χ0n) is 13.0. The van der Waals surface area contributed by atoms with Crippen molar-refractivity contribution in [3.8, 4) is 0 Å². The number of rotatable bonds is 11. The number of carbonyl (C=O) groups is 1. The average Bonchev–Trinajstić information content (AvgIpc) is 2.35. The molecule has 3 N–H and O–H groups in total. The molecule has 0 fully saturated rings. The summed E-state index contributed by atoms with van der Waals surface area (Å²) in [6, 6.07) is 0.493. The standard InChI is InChI=1S/C10H20O2.C5H13NO/c1-2-3-4-5-6-7-8-9-10(11)12;1-5(2)6-3-4-7/h2-9H2,1H3,(H,11,12);5-7H,3-4H2,1-2H3. The minimum absolute atomic E-state index is 0.234. The molecule has 0 radical (unpaired) electrons. The highest BCUT2D eigenvalue weighted by atomic mass is 16.4. The van der Waals surface area contributed by atoms with Crippen molar-refractivity contribution in [3.63, 3.8) is 0 Å². The van der Waals surface area contributed by atoms with E-state index in [1.54, 1.807) is 0 Å². The Bertz CT molecular complexity index is 184. The summed E-state index contributed by atoms with van der Waals surface area (Å²) in [5.41, 5.74) is 0. The van der Waals surface area contributed by atoms with Gasteiger partial charge >= 0.3 is 5.97 Å². The molecule has 0 aromatic rings. The van der Waals surface area contributed by atoms with Crippen LogP contribution in [0.1, 0.15) is 72.1 Å². The second-order valence-corrected chi connectivity index (χ2v) is 5.10. The summed E-state index contributed by atoms with van der Waals surface area (Å²) < 4.78 is 0. The van der Waals surface area contributed by atoms with Gasteiger partial charge in [-0.3, -0.25) is 4.79 Å². The Morgan fingerprint density at radius 2 is 1.58 bits per heavy atom. The lowest BCUT2D eigenvalue weighted by molar-refractivity contribution is -0.137. The summed E-state index contributed by atoms with van der Waals surface area (Å²) in [6.07, 6.45) is 8.64. The number of carboxylic acid groups (broad SMARTS) is 1. The molecule has 4 nitrogen and oxygen atoms in total. The van der Waals surface area contributed by atoms with Gasteiger partial charge in [0, 0.05) is 19.0 Å². The first-order valence-electron chi connectivity index (χ1n) is 7.60. The Morgan fingerprint density at radius 3 is 1.95 bits per heavy atom. The Labute approximate surface area is 118 Å². The van der Waals surface area contributed by atoms with Crippen LogP contribution >= 0.6 is 0 Å². The van der Waals surface area contributed by atoms with E-state index in [0.717, 1.165) is 12.8 Å². The highest BCUT2D eigenvalue weighted by Crippen LogP contribution is 2.07. The minimum atomic E-state index is -0.663. The summed E-state index contributed by atoms with van der Waals surface area (Å²) in [4.78, 5) is 10.1. The molecule has 0 saturated heterocycles. The maximum atomic E-state index is 10.1. The fourth-order valence-electron chi connectivity index (χ4n) is 1.59. The van der Waals surface area contributed by atoms with Crippen molar-refractivity contribution in [2.24, 2.45) is 0 Å². The van der Waals surface area contributed by atoms with Gasteiger partial charge in [0.1, 0.15) is 0 Å². The monoisotopic (exact) mass is 275 g/mol. The van der Waals surface area contributed by atoms with Crippen LogP contribution in [0.5, 0.6) is 0 Å². The molecule has 0 heterocycles. The molecule has 0 unspecified atom stereocenters. The topological polar surface area (TPSA) is 69.6 Å². The fraction of sp³-hybridized carbons (Fsp3) is 0.933. The van der Waals surface area contributed by atoms with Gasteiger partial charge in [-0.05, 0) is 6.42 Å². The van der Waals surface area contributed by atoms with Crippen LogP contribution in [0, 0.1) is 0 Å². The van der Waals surface area contributed by atoms with Crippen LogP contribution in [-0.2, 0) is 4.79 Å². The van der Waals surface area contributed by atoms with Crippen LogP contribution in [-0.4, -0.2) is 35.4 Å². The second kappa shape index (κ2) is 17.4. The van der Waals surface area contributed by atoms with E-state index < -0.39 is 5.97 Å². The summed E-state index contributed by atoms with van der Waals surface area (Å²) >= 11 is 0. The highest BCUT2D eigenvalue weighted by molar-refractivity contribution is 5.66. The van der Waals surface area contributed by atoms with Gasteiger partial charge in [0.2, 0.25) is 0 Å². The molecule has 4 heteroatoms. The maximum Gasteiger partial charge on any atom is 0.303 e. The molecule has 0 saturated carbocycles. The first-order chi connectivity index (χ1) is 9.04. The molecule has 0 atom stereocenters. The van der Waals surface area contributed by atoms with Crippen molar-refractivity contribution in [2.75, 3.05) is 13.2 Å². The van der Waals surface area contributed by atoms with Gasteiger partial charge < -0.3 is 15.5 Å². The number of hydrogen-bond acceptors (Lipinski definition) is 3. The van der Waals surface area contributed by atoms with E-state index in [1.807, 2.05) is 0 Å². The van der Waals surface area contributed by atoms with E-state index in [1.165, 1.54) is 32.1 Å². The van der Waals surface area contributed by atoms with E-state index in [-0.39, 0.29) is 6.61 Å². The van der Waals surface area contributed by atoms with Crippen molar-refractivity contribution in [1.29, 1.82) is 0 Å². The quantitative estimate of drug-likeness (QED) is 0.506. The minimum Gasteiger partial charge on any atom is -0.481 e. The number of nitrogens with one attached hydrogen (secondary N) is 1. The molecule has 0 aliphatic carbocycles. The zero-order chi connectivity index (χ0) is 14.9. The van der Waals surface area contributed by atoms with Crippen LogP contribution < -0.4 is 5.32 Å². The molecular formula is C15H33NO3. The van der Waals surface area contributed by atoms with Crippen LogP contribution in [0.3, 0.4) is 0 Å². The van der Waals surface area contributed by atoms with Gasteiger partial charge in [-0.15, -0.1) is 0 Å². The maximum absolute atomic E-state index is 10.1. The normalized spacial score (nSPS) is 10.2.